The summed E-state index contributed by atoms with van der Waals surface area (Å²) in [6.07, 6.45) is 3.19. The molecule has 14 heteroatoms. The fourth-order valence-corrected chi connectivity index (χ4v) is 4.60. The van der Waals surface area contributed by atoms with Gasteiger partial charge in [-0.05, 0) is 19.4 Å². The summed E-state index contributed by atoms with van der Waals surface area (Å²) in [5.41, 5.74) is 4.25. The molecule has 2 saturated heterocycles. The Bertz CT molecular complexity index is 1330. The van der Waals surface area contributed by atoms with Crippen LogP contribution < -0.4 is 10.2 Å². The molecule has 3 aromatic rings. The molecular formula is C24H27ClF2N8O3. The Morgan fingerprint density at radius 3 is 2.79 bits per heavy atom. The topological polar surface area (TPSA) is 133 Å². The smallest absolute Gasteiger partial charge is 0.160 e. The van der Waals surface area contributed by atoms with Crippen LogP contribution in [0.1, 0.15) is 30.8 Å². The third-order valence-corrected chi connectivity index (χ3v) is 6.82. The van der Waals surface area contributed by atoms with Crippen molar-refractivity contribution in [3.05, 3.63) is 53.1 Å². The number of piperidine rings is 1. The lowest BCUT2D eigenvalue weighted by Gasteiger charge is -2.42. The van der Waals surface area contributed by atoms with Crippen molar-refractivity contribution in [3.8, 4) is 5.75 Å². The van der Waals surface area contributed by atoms with Gasteiger partial charge in [-0.25, -0.2) is 23.3 Å². The number of nitrogens with zero attached hydrogens (tertiary/aromatic N) is 6. The number of halogens is 3. The zero-order chi connectivity index (χ0) is 26.8. The van der Waals surface area contributed by atoms with Crippen molar-refractivity contribution in [2.45, 2.75) is 37.7 Å². The second-order valence-corrected chi connectivity index (χ2v) is 9.68. The monoisotopic (exact) mass is 548 g/mol. The fraction of sp³-hybridized carbons (Fsp3) is 0.458. The number of rotatable bonds is 9. The molecule has 0 bridgehead atoms. The van der Waals surface area contributed by atoms with Gasteiger partial charge in [-0.1, -0.05) is 11.6 Å². The molecule has 0 aliphatic carbocycles. The maximum absolute atomic E-state index is 14.9. The Balaban J connectivity index is 1.35. The summed E-state index contributed by atoms with van der Waals surface area (Å²) in [5.74, 6) is -0.363. The maximum atomic E-state index is 14.9. The highest BCUT2D eigenvalue weighted by Crippen LogP contribution is 2.29. The summed E-state index contributed by atoms with van der Waals surface area (Å²) in [6.45, 7) is 3.63. The van der Waals surface area contributed by atoms with E-state index in [-0.39, 0.29) is 35.6 Å². The van der Waals surface area contributed by atoms with Gasteiger partial charge in [0, 0.05) is 24.8 Å². The molecule has 0 radical (unpaired) electrons. The molecule has 5 rings (SSSR count). The summed E-state index contributed by atoms with van der Waals surface area (Å²) >= 11 is 6.32. The number of aromatic nitrogens is 4. The predicted molar refractivity (Wildman–Crippen MR) is 135 cm³/mol. The molecule has 2 fully saturated rings. The van der Waals surface area contributed by atoms with Gasteiger partial charge in [0.15, 0.2) is 11.6 Å². The number of aliphatic hydroxyl groups is 1. The molecule has 0 spiro atoms. The van der Waals surface area contributed by atoms with E-state index in [2.05, 4.69) is 30.5 Å². The third kappa shape index (κ3) is 5.60. The highest BCUT2D eigenvalue weighted by Gasteiger charge is 2.35. The molecule has 202 valence electrons. The van der Waals surface area contributed by atoms with Gasteiger partial charge in [0.2, 0.25) is 0 Å². The maximum Gasteiger partial charge on any atom is 0.160 e. The van der Waals surface area contributed by atoms with Crippen LogP contribution in [-0.4, -0.2) is 92.2 Å². The molecule has 3 atom stereocenters. The first-order valence-corrected chi connectivity index (χ1v) is 12.5. The number of hydrogen-bond acceptors (Lipinski definition) is 10. The van der Waals surface area contributed by atoms with E-state index in [1.165, 1.54) is 10.7 Å². The van der Waals surface area contributed by atoms with E-state index in [0.29, 0.717) is 42.3 Å². The van der Waals surface area contributed by atoms with E-state index >= 15 is 0 Å². The molecule has 0 aromatic carbocycles. The lowest BCUT2D eigenvalue weighted by atomic mass is 10.0. The lowest BCUT2D eigenvalue weighted by Crippen LogP contribution is -2.57. The van der Waals surface area contributed by atoms with Crippen molar-refractivity contribution in [1.29, 1.82) is 5.41 Å². The van der Waals surface area contributed by atoms with Crippen LogP contribution in [0.2, 0.25) is 5.02 Å². The fourth-order valence-electron chi connectivity index (χ4n) is 4.38. The number of nitrogens with one attached hydrogen (secondary N) is 2. The van der Waals surface area contributed by atoms with Crippen LogP contribution in [0.3, 0.4) is 0 Å². The van der Waals surface area contributed by atoms with Crippen LogP contribution in [0.4, 0.5) is 8.78 Å². The van der Waals surface area contributed by atoms with Crippen LogP contribution >= 0.6 is 11.6 Å². The number of hydrazone groups is 1. The zero-order valence-electron chi connectivity index (χ0n) is 20.5. The zero-order valence-corrected chi connectivity index (χ0v) is 21.3. The van der Waals surface area contributed by atoms with Crippen LogP contribution in [0.25, 0.3) is 5.52 Å². The first-order valence-electron chi connectivity index (χ1n) is 12.1. The summed E-state index contributed by atoms with van der Waals surface area (Å²) in [7, 11) is 0. The summed E-state index contributed by atoms with van der Waals surface area (Å²) in [4.78, 5) is 9.64. The van der Waals surface area contributed by atoms with Crippen molar-refractivity contribution in [2.24, 2.45) is 5.10 Å². The number of likely N-dealkylation sites (tertiary alicyclic amines) is 1. The van der Waals surface area contributed by atoms with E-state index in [9.17, 15) is 13.9 Å². The minimum Gasteiger partial charge on any atom is -0.488 e. The summed E-state index contributed by atoms with van der Waals surface area (Å²) < 4.78 is 40.6. The molecule has 38 heavy (non-hydrogen) atoms. The van der Waals surface area contributed by atoms with E-state index in [0.717, 1.165) is 18.9 Å². The van der Waals surface area contributed by atoms with Gasteiger partial charge in [-0.15, -0.1) is 0 Å². The molecule has 0 saturated carbocycles. The third-order valence-electron chi connectivity index (χ3n) is 6.55. The normalized spacial score (nSPS) is 21.8. The average molecular weight is 549 g/mol. The molecule has 11 nitrogen and oxygen atoms in total. The number of ether oxygens (including phenoxy) is 2. The summed E-state index contributed by atoms with van der Waals surface area (Å²) in [6, 6.07) is 1.40. The van der Waals surface area contributed by atoms with Gasteiger partial charge in [0.05, 0.1) is 54.6 Å². The second kappa shape index (κ2) is 11.2. The second-order valence-electron chi connectivity index (χ2n) is 9.28. The number of hydrogen-bond donors (Lipinski definition) is 3. The molecule has 2 aliphatic rings. The first kappa shape index (κ1) is 26.4. The van der Waals surface area contributed by atoms with Crippen molar-refractivity contribution in [3.63, 3.8) is 0 Å². The standard InChI is InChI=1S/C24H27ClF2N8O3/c1-13(28)22(33-32-19-2-3-34(9-18(19)27)16-10-37-11-16)14-4-21(23-17(25)7-31-35(23)8-14)38-12-20(36)24-29-5-15(26)6-30-24/h4-8,16,18-20,28,32,36H,2-3,9-12H2,1H3/b28-13?,33-22+/t18-,19?,20-/m0/s1. The Morgan fingerprint density at radius 1 is 1.37 bits per heavy atom. The Kier molecular flexibility index (Phi) is 7.79. The van der Waals surface area contributed by atoms with E-state index < -0.39 is 24.1 Å². The van der Waals surface area contributed by atoms with Gasteiger partial charge in [0.1, 0.15) is 35.9 Å². The predicted octanol–water partition coefficient (Wildman–Crippen LogP) is 2.17. The Labute approximate surface area is 221 Å². The van der Waals surface area contributed by atoms with E-state index in [1.807, 2.05) is 0 Å². The first-order chi connectivity index (χ1) is 18.3. The van der Waals surface area contributed by atoms with Crippen LogP contribution in [-0.2, 0) is 4.74 Å². The largest absolute Gasteiger partial charge is 0.488 e. The molecule has 1 unspecified atom stereocenters. The molecule has 2 aliphatic heterocycles. The van der Waals surface area contributed by atoms with E-state index in [1.54, 1.807) is 19.2 Å². The SMILES string of the molecule is CC(=N)/C(=N\NC1CCN(C2COC2)C[C@@H]1F)c1cc(OC[C@H](O)c2ncc(F)cn2)c2c(Cl)cnn2c1. The number of aliphatic hydroxyl groups excluding tert-OH is 1. The minimum atomic E-state index is -1.24. The molecule has 5 heterocycles. The summed E-state index contributed by atoms with van der Waals surface area (Å²) in [5, 5.41) is 27.7. The Morgan fingerprint density at radius 2 is 2.13 bits per heavy atom. The number of pyridine rings is 1. The number of fused-ring (bicyclic) bond motifs is 1. The van der Waals surface area contributed by atoms with Gasteiger partial charge in [0.25, 0.3) is 0 Å². The lowest BCUT2D eigenvalue weighted by molar-refractivity contribution is -0.0818. The van der Waals surface area contributed by atoms with E-state index in [4.69, 9.17) is 26.5 Å². The van der Waals surface area contributed by atoms with Gasteiger partial charge in [-0.2, -0.15) is 10.2 Å². The molecule has 0 amide bonds. The van der Waals surface area contributed by atoms with Crippen LogP contribution in [0.15, 0.2) is 36.0 Å². The highest BCUT2D eigenvalue weighted by molar-refractivity contribution is 6.46. The Hall–Kier alpha value is -3.26. The highest BCUT2D eigenvalue weighted by atomic mass is 35.5. The van der Waals surface area contributed by atoms with Gasteiger partial charge < -0.3 is 25.4 Å². The molecule has 3 aromatic heterocycles. The van der Waals surface area contributed by atoms with Crippen molar-refractivity contribution in [1.82, 2.24) is 29.9 Å². The molecule has 3 N–H and O–H groups in total. The minimum absolute atomic E-state index is 0.00312. The van der Waals surface area contributed by atoms with Crippen LogP contribution in [0, 0.1) is 11.2 Å². The number of alkyl halides is 1. The van der Waals surface area contributed by atoms with Crippen molar-refractivity contribution in [2.75, 3.05) is 32.9 Å². The van der Waals surface area contributed by atoms with Crippen molar-refractivity contribution >= 4 is 28.5 Å². The quantitative estimate of drug-likeness (QED) is 0.274. The van der Waals surface area contributed by atoms with Gasteiger partial charge in [-0.3, -0.25) is 4.90 Å². The van der Waals surface area contributed by atoms with Gasteiger partial charge >= 0.3 is 0 Å². The molecular weight excluding hydrogens is 522 g/mol. The van der Waals surface area contributed by atoms with Crippen LogP contribution in [0.5, 0.6) is 5.75 Å². The van der Waals surface area contributed by atoms with Crippen molar-refractivity contribution < 1.29 is 23.4 Å². The average Bonchev–Trinajstić information content (AvgIpc) is 3.23.